The molecular formula is C80H71BF3N5. The van der Waals surface area contributed by atoms with Gasteiger partial charge in [0, 0.05) is 50.5 Å². The maximum absolute atomic E-state index is 14.4. The summed E-state index contributed by atoms with van der Waals surface area (Å²) in [5.74, 6) is 0. The lowest BCUT2D eigenvalue weighted by molar-refractivity contribution is -0.137. The molecule has 3 heterocycles. The minimum absolute atomic E-state index is 0.0947. The molecule has 89 heavy (non-hydrogen) atoms. The van der Waals surface area contributed by atoms with E-state index in [1.165, 1.54) is 44.7 Å². The first kappa shape index (κ1) is 58.5. The smallest absolute Gasteiger partial charge is 0.311 e. The van der Waals surface area contributed by atoms with Crippen LogP contribution in [-0.2, 0) is 27.8 Å². The molecule has 0 fully saturated rings. The number of rotatable bonds is 6. The maximum atomic E-state index is 14.4. The number of anilines is 6. The second-order valence-electron chi connectivity index (χ2n) is 28.5. The number of fused-ring (bicyclic) bond motifs is 7. The zero-order valence-corrected chi connectivity index (χ0v) is 52.9. The van der Waals surface area contributed by atoms with E-state index in [1.54, 1.807) is 0 Å². The Kier molecular flexibility index (Phi) is 13.6. The molecule has 0 spiro atoms. The molecule has 0 N–H and O–H groups in total. The molecule has 10 aromatic carbocycles. The van der Waals surface area contributed by atoms with E-state index < -0.39 is 11.7 Å². The Balaban J connectivity index is 1.11. The van der Waals surface area contributed by atoms with Crippen molar-refractivity contribution in [3.63, 3.8) is 0 Å². The van der Waals surface area contributed by atoms with Crippen LogP contribution in [0.5, 0.6) is 0 Å². The van der Waals surface area contributed by atoms with Crippen molar-refractivity contribution in [2.45, 2.75) is 118 Å². The van der Waals surface area contributed by atoms with E-state index in [1.807, 2.05) is 55.5 Å². The molecule has 0 saturated carbocycles. The number of nitrogens with zero attached hydrogens (tertiary/aromatic N) is 5. The van der Waals surface area contributed by atoms with Crippen LogP contribution < -0.4 is 26.2 Å². The second-order valence-corrected chi connectivity index (χ2v) is 28.5. The molecule has 9 heteroatoms. The zero-order chi connectivity index (χ0) is 63.0. The minimum atomic E-state index is -4.65. The lowest BCUT2D eigenvalue weighted by atomic mass is 9.33. The van der Waals surface area contributed by atoms with Crippen molar-refractivity contribution in [3.8, 4) is 39.1 Å². The summed E-state index contributed by atoms with van der Waals surface area (Å²) in [5, 5.41) is 1.97. The van der Waals surface area contributed by atoms with Gasteiger partial charge in [-0.2, -0.15) is 13.2 Å². The van der Waals surface area contributed by atoms with Crippen molar-refractivity contribution >= 4 is 90.4 Å². The van der Waals surface area contributed by atoms with Crippen molar-refractivity contribution in [1.29, 1.82) is 0 Å². The number of para-hydroxylation sites is 3. The number of aromatic nitrogens is 1. The predicted octanol–water partition coefficient (Wildman–Crippen LogP) is 21.5. The second kappa shape index (κ2) is 20.8. The molecule has 11 aromatic rings. The average Bonchev–Trinajstić information content (AvgIpc) is 0.991. The summed E-state index contributed by atoms with van der Waals surface area (Å²) >= 11 is 0. The van der Waals surface area contributed by atoms with Crippen LogP contribution in [0.4, 0.5) is 58.7 Å². The quantitative estimate of drug-likeness (QED) is 0.122. The van der Waals surface area contributed by atoms with Gasteiger partial charge in [-0.1, -0.05) is 198 Å². The Morgan fingerprint density at radius 1 is 0.371 bits per heavy atom. The van der Waals surface area contributed by atoms with Crippen LogP contribution in [0.1, 0.15) is 116 Å². The summed E-state index contributed by atoms with van der Waals surface area (Å²) < 4.78 is 45.3. The summed E-state index contributed by atoms with van der Waals surface area (Å²) in [7, 11) is 0. The van der Waals surface area contributed by atoms with Gasteiger partial charge >= 0.3 is 6.18 Å². The number of alkyl halides is 3. The van der Waals surface area contributed by atoms with Crippen molar-refractivity contribution in [2.24, 2.45) is 0 Å². The van der Waals surface area contributed by atoms with Crippen LogP contribution in [0.15, 0.2) is 194 Å². The van der Waals surface area contributed by atoms with E-state index in [-0.39, 0.29) is 34.1 Å². The zero-order valence-electron chi connectivity index (χ0n) is 52.9. The molecule has 2 aliphatic heterocycles. The summed E-state index contributed by atoms with van der Waals surface area (Å²) in [6.07, 6.45) is -4.65. The van der Waals surface area contributed by atoms with Gasteiger partial charge in [0.2, 0.25) is 0 Å². The Bertz CT molecular complexity index is 4610. The Morgan fingerprint density at radius 3 is 1.38 bits per heavy atom. The first-order valence-electron chi connectivity index (χ1n) is 30.6. The first-order valence-corrected chi connectivity index (χ1v) is 30.6. The fourth-order valence-corrected chi connectivity index (χ4v) is 13.4. The lowest BCUT2D eigenvalue weighted by Crippen LogP contribution is -2.61. The monoisotopic (exact) mass is 1170 g/mol. The third-order valence-corrected chi connectivity index (χ3v) is 18.3. The molecule has 1 aromatic heterocycles. The van der Waals surface area contributed by atoms with Gasteiger partial charge in [-0.05, 0) is 186 Å². The largest absolute Gasteiger partial charge is 0.415 e. The third-order valence-electron chi connectivity index (χ3n) is 18.3. The Morgan fingerprint density at radius 2 is 0.854 bits per heavy atom. The maximum Gasteiger partial charge on any atom is 0.415 e. The van der Waals surface area contributed by atoms with Crippen LogP contribution in [0.3, 0.4) is 0 Å². The van der Waals surface area contributed by atoms with Gasteiger partial charge in [-0.3, -0.25) is 0 Å². The fourth-order valence-electron chi connectivity index (χ4n) is 13.4. The van der Waals surface area contributed by atoms with Crippen molar-refractivity contribution in [1.82, 2.24) is 4.57 Å². The van der Waals surface area contributed by atoms with Crippen LogP contribution in [0.25, 0.3) is 70.6 Å². The number of benzene rings is 10. The average molecular weight is 1170 g/mol. The molecule has 2 aliphatic rings. The van der Waals surface area contributed by atoms with E-state index in [9.17, 15) is 13.2 Å². The fraction of sp³-hybridized carbons (Fsp3) is 0.225. The molecule has 0 aliphatic carbocycles. The molecule has 13 rings (SSSR count). The molecule has 0 radical (unpaired) electrons. The number of hydrogen-bond donors (Lipinski definition) is 0. The molecule has 0 saturated heterocycles. The lowest BCUT2D eigenvalue weighted by Gasteiger charge is -2.45. The van der Waals surface area contributed by atoms with E-state index in [2.05, 4.69) is 235 Å². The summed E-state index contributed by atoms with van der Waals surface area (Å²) in [6.45, 7) is 45.9. The number of hydrogen-bond acceptors (Lipinski definition) is 2. The van der Waals surface area contributed by atoms with Crippen LogP contribution in [0, 0.1) is 20.1 Å². The molecule has 440 valence electrons. The molecule has 0 bridgehead atoms. The molecular weight excluding hydrogens is 1100 g/mol. The van der Waals surface area contributed by atoms with Crippen LogP contribution in [0.2, 0.25) is 0 Å². The Labute approximate surface area is 522 Å². The van der Waals surface area contributed by atoms with Gasteiger partial charge in [0.25, 0.3) is 6.71 Å². The van der Waals surface area contributed by atoms with Gasteiger partial charge < -0.3 is 14.4 Å². The highest BCUT2D eigenvalue weighted by atomic mass is 19.4. The molecule has 0 atom stereocenters. The predicted molar refractivity (Wildman–Crippen MR) is 368 cm³/mol. The highest BCUT2D eigenvalue weighted by molar-refractivity contribution is 7.00. The molecule has 0 amide bonds. The number of halogens is 3. The first-order chi connectivity index (χ1) is 42.1. The highest BCUT2D eigenvalue weighted by Gasteiger charge is 2.44. The Hall–Kier alpha value is -9.57. The van der Waals surface area contributed by atoms with Crippen molar-refractivity contribution in [3.05, 3.63) is 250 Å². The van der Waals surface area contributed by atoms with E-state index in [0.717, 1.165) is 84.8 Å². The van der Waals surface area contributed by atoms with Gasteiger partial charge in [0.1, 0.15) is 0 Å². The minimum Gasteiger partial charge on any atom is -0.311 e. The van der Waals surface area contributed by atoms with Gasteiger partial charge in [-0.25, -0.2) is 9.69 Å². The normalized spacial score (nSPS) is 13.3. The molecule has 0 unspecified atom stereocenters. The van der Waals surface area contributed by atoms with Gasteiger partial charge in [0.05, 0.1) is 29.9 Å². The van der Waals surface area contributed by atoms with Gasteiger partial charge in [0.15, 0.2) is 11.4 Å². The third kappa shape index (κ3) is 10.1. The number of aryl methyl sites for hydroxylation is 1. The van der Waals surface area contributed by atoms with E-state index >= 15 is 0 Å². The van der Waals surface area contributed by atoms with Crippen LogP contribution >= 0.6 is 0 Å². The van der Waals surface area contributed by atoms with Crippen molar-refractivity contribution < 1.29 is 13.2 Å². The SMILES string of the molecule is [C-]#[N+]c1cc(C)ccc1-c1ccc(-n2c3ccccc3c3cc(-c4cc5c6c(c4)N(c4cc(C(C)(C)C)cc(C(C)(C)C)c4)c4ccccc4B6c4ccccc4N5c4cc(C(C)(C)C)cc(C(C)(C)C)c4)ccc32)c(-c2ccc(C(F)(F)F)cc2[N+]#[C-])c1. The van der Waals surface area contributed by atoms with E-state index in [0.29, 0.717) is 33.6 Å². The van der Waals surface area contributed by atoms with Crippen molar-refractivity contribution in [2.75, 3.05) is 9.80 Å². The van der Waals surface area contributed by atoms with Gasteiger partial charge in [-0.15, -0.1) is 0 Å². The van der Waals surface area contributed by atoms with E-state index in [4.69, 9.17) is 13.1 Å². The summed E-state index contributed by atoms with van der Waals surface area (Å²) in [6, 6.07) is 67.1. The summed E-state index contributed by atoms with van der Waals surface area (Å²) in [4.78, 5) is 12.7. The molecule has 5 nitrogen and oxygen atoms in total. The summed E-state index contributed by atoms with van der Waals surface area (Å²) in [5.41, 5.74) is 22.0. The highest BCUT2D eigenvalue weighted by Crippen LogP contribution is 2.50. The van der Waals surface area contributed by atoms with Crippen LogP contribution in [-0.4, -0.2) is 11.3 Å². The standard InChI is InChI=1S/C80H71BF3N5/c1-48-28-32-59(66(36-48)85-14)50-30-35-69(62(38-50)60-33-31-52(80(82,83)84)47-67(60)86-15)89-68-25-19-16-22-61(68)63-37-49(29-34-70(63)89)51-39-73-75-74(40-51)88(58-45-55(78(8,9)10)42-56(46-58)79(11,12)13)72-27-21-18-24-65(72)81(75)64-23-17-20-26-71(64)87(73)57-43-53(76(2,3)4)41-54(44-57)77(5,6)7/h16-47H,1-13H3. The topological polar surface area (TPSA) is 20.1 Å².